The topological polar surface area (TPSA) is 89.3 Å². The maximum atomic E-state index is 13.2. The van der Waals surface area contributed by atoms with E-state index in [1.165, 1.54) is 16.9 Å². The Kier molecular flexibility index (Phi) is 6.80. The third-order valence-corrected chi connectivity index (χ3v) is 7.33. The smallest absolute Gasteiger partial charge is 0.230 e. The Morgan fingerprint density at radius 1 is 1.11 bits per heavy atom. The third-order valence-electron chi connectivity index (χ3n) is 6.52. The largest absolute Gasteiger partial charge is 0.494 e. The van der Waals surface area contributed by atoms with E-state index in [-0.39, 0.29) is 18.2 Å². The van der Waals surface area contributed by atoms with Gasteiger partial charge in [0.05, 0.1) is 23.9 Å². The minimum Gasteiger partial charge on any atom is -0.494 e. The number of carbonyl (C=O) groups excluding carboxylic acids is 2. The number of nitrogens with one attached hydrogen (secondary N) is 1. The quantitative estimate of drug-likeness (QED) is 0.360. The molecule has 1 fully saturated rings. The maximum Gasteiger partial charge on any atom is 0.230 e. The zero-order valence-corrected chi connectivity index (χ0v) is 22.1. The average Bonchev–Trinajstić information content (AvgIpc) is 3.60. The summed E-state index contributed by atoms with van der Waals surface area (Å²) in [4.78, 5) is 32.4. The molecule has 37 heavy (non-hydrogen) atoms. The van der Waals surface area contributed by atoms with Crippen molar-refractivity contribution in [2.75, 3.05) is 23.4 Å². The van der Waals surface area contributed by atoms with E-state index in [1.54, 1.807) is 9.58 Å². The summed E-state index contributed by atoms with van der Waals surface area (Å²) in [6, 6.07) is 15.5. The first-order chi connectivity index (χ1) is 17.8. The van der Waals surface area contributed by atoms with Crippen LogP contribution in [0.25, 0.3) is 16.4 Å². The standard InChI is InChI=1S/C28H29N5O3S/c1-5-36-23-10-7-20(8-11-23)24-16-37-28(29-24)33-25(13-19(4)31-33)30-27(35)21-14-26(34)32(15-21)22-9-6-17(2)18(3)12-22/h6-13,16,21H,5,14-15H2,1-4H3,(H,30,35). The van der Waals surface area contributed by atoms with E-state index in [0.29, 0.717) is 24.1 Å². The molecule has 5 rings (SSSR count). The lowest BCUT2D eigenvalue weighted by atomic mass is 10.1. The summed E-state index contributed by atoms with van der Waals surface area (Å²) < 4.78 is 7.17. The van der Waals surface area contributed by atoms with Gasteiger partial charge in [0.2, 0.25) is 16.9 Å². The molecule has 0 saturated carbocycles. The second-order valence-corrected chi connectivity index (χ2v) is 10.1. The molecule has 0 aliphatic carbocycles. The minimum absolute atomic E-state index is 0.0481. The maximum absolute atomic E-state index is 13.2. The van der Waals surface area contributed by atoms with E-state index in [4.69, 9.17) is 9.72 Å². The highest BCUT2D eigenvalue weighted by Crippen LogP contribution is 2.30. The number of anilines is 2. The highest BCUT2D eigenvalue weighted by atomic mass is 32.1. The van der Waals surface area contributed by atoms with Crippen LogP contribution in [0.5, 0.6) is 5.75 Å². The molecule has 1 saturated heterocycles. The summed E-state index contributed by atoms with van der Waals surface area (Å²) >= 11 is 1.44. The lowest BCUT2D eigenvalue weighted by Gasteiger charge is -2.18. The lowest BCUT2D eigenvalue weighted by Crippen LogP contribution is -2.28. The number of hydrogen-bond acceptors (Lipinski definition) is 6. The van der Waals surface area contributed by atoms with Crippen LogP contribution in [-0.2, 0) is 9.59 Å². The van der Waals surface area contributed by atoms with Crippen molar-refractivity contribution in [3.05, 3.63) is 70.7 Å². The van der Waals surface area contributed by atoms with Crippen molar-refractivity contribution >= 4 is 34.7 Å². The zero-order chi connectivity index (χ0) is 26.1. The van der Waals surface area contributed by atoms with Crippen LogP contribution in [0, 0.1) is 26.7 Å². The summed E-state index contributed by atoms with van der Waals surface area (Å²) in [5.41, 5.74) is 5.66. The first-order valence-electron chi connectivity index (χ1n) is 12.3. The Morgan fingerprint density at radius 3 is 2.62 bits per heavy atom. The van der Waals surface area contributed by atoms with Crippen molar-refractivity contribution < 1.29 is 14.3 Å². The summed E-state index contributed by atoms with van der Waals surface area (Å²) in [6.07, 6.45) is 0.172. The van der Waals surface area contributed by atoms with Gasteiger partial charge in [-0.15, -0.1) is 11.3 Å². The fraction of sp³-hybridized carbons (Fsp3) is 0.286. The summed E-state index contributed by atoms with van der Waals surface area (Å²) in [5, 5.41) is 10.2. The summed E-state index contributed by atoms with van der Waals surface area (Å²) in [5.74, 6) is 0.647. The highest BCUT2D eigenvalue weighted by molar-refractivity contribution is 7.12. The van der Waals surface area contributed by atoms with Gasteiger partial charge in [-0.1, -0.05) is 6.07 Å². The van der Waals surface area contributed by atoms with Crippen molar-refractivity contribution in [1.29, 1.82) is 0 Å². The second-order valence-electron chi connectivity index (χ2n) is 9.22. The number of thiazole rings is 1. The Morgan fingerprint density at radius 2 is 1.89 bits per heavy atom. The normalized spacial score (nSPS) is 15.3. The van der Waals surface area contributed by atoms with E-state index in [0.717, 1.165) is 34.0 Å². The van der Waals surface area contributed by atoms with Crippen molar-refractivity contribution in [2.45, 2.75) is 34.1 Å². The van der Waals surface area contributed by atoms with E-state index < -0.39 is 5.92 Å². The van der Waals surface area contributed by atoms with Crippen molar-refractivity contribution in [2.24, 2.45) is 5.92 Å². The number of nitrogens with zero attached hydrogens (tertiary/aromatic N) is 4. The summed E-state index contributed by atoms with van der Waals surface area (Å²) in [6.45, 7) is 8.84. The first kappa shape index (κ1) is 24.7. The lowest BCUT2D eigenvalue weighted by molar-refractivity contribution is -0.122. The molecule has 0 bridgehead atoms. The van der Waals surface area contributed by atoms with Crippen LogP contribution >= 0.6 is 11.3 Å². The molecule has 1 unspecified atom stereocenters. The Bertz CT molecular complexity index is 1460. The van der Waals surface area contributed by atoms with Gasteiger partial charge in [-0.05, 0) is 75.2 Å². The molecule has 0 spiro atoms. The molecule has 0 radical (unpaired) electrons. The summed E-state index contributed by atoms with van der Waals surface area (Å²) in [7, 11) is 0. The van der Waals surface area contributed by atoms with Gasteiger partial charge in [0.25, 0.3) is 0 Å². The molecule has 2 amide bonds. The van der Waals surface area contributed by atoms with Gasteiger partial charge in [0.15, 0.2) is 0 Å². The van der Waals surface area contributed by atoms with Gasteiger partial charge < -0.3 is 15.0 Å². The number of aromatic nitrogens is 3. The highest BCUT2D eigenvalue weighted by Gasteiger charge is 2.35. The molecule has 4 aromatic rings. The van der Waals surface area contributed by atoms with Crippen LogP contribution in [0.4, 0.5) is 11.5 Å². The molecule has 190 valence electrons. The van der Waals surface area contributed by atoms with E-state index in [2.05, 4.69) is 10.4 Å². The van der Waals surface area contributed by atoms with E-state index >= 15 is 0 Å². The Balaban J connectivity index is 1.31. The Labute approximate surface area is 219 Å². The number of hydrogen-bond donors (Lipinski definition) is 1. The van der Waals surface area contributed by atoms with Gasteiger partial charge in [-0.3, -0.25) is 9.59 Å². The zero-order valence-electron chi connectivity index (χ0n) is 21.3. The molecule has 8 nitrogen and oxygen atoms in total. The van der Waals surface area contributed by atoms with Crippen LogP contribution in [0.2, 0.25) is 0 Å². The number of benzene rings is 2. The monoisotopic (exact) mass is 515 g/mol. The number of aryl methyl sites for hydroxylation is 3. The SMILES string of the molecule is CCOc1ccc(-c2csc(-n3nc(C)cc3NC(=O)C3CC(=O)N(c4ccc(C)c(C)c4)C3)n2)cc1. The fourth-order valence-corrected chi connectivity index (χ4v) is 5.17. The molecular formula is C28H29N5O3S. The Hall–Kier alpha value is -3.98. The van der Waals surface area contributed by atoms with Crippen LogP contribution in [-0.4, -0.2) is 39.7 Å². The molecule has 9 heteroatoms. The molecule has 3 heterocycles. The molecule has 1 atom stereocenters. The predicted octanol–water partition coefficient (Wildman–Crippen LogP) is 5.31. The molecule has 1 aliphatic heterocycles. The van der Waals surface area contributed by atoms with Gasteiger partial charge in [0.1, 0.15) is 11.6 Å². The predicted molar refractivity (Wildman–Crippen MR) is 146 cm³/mol. The van der Waals surface area contributed by atoms with E-state index in [9.17, 15) is 9.59 Å². The molecule has 2 aromatic heterocycles. The van der Waals surface area contributed by atoms with Crippen LogP contribution in [0.3, 0.4) is 0 Å². The number of rotatable bonds is 7. The third kappa shape index (κ3) is 5.13. The van der Waals surface area contributed by atoms with Gasteiger partial charge >= 0.3 is 0 Å². The molecular weight excluding hydrogens is 486 g/mol. The number of ether oxygens (including phenoxy) is 1. The van der Waals surface area contributed by atoms with Crippen LogP contribution in [0.1, 0.15) is 30.2 Å². The van der Waals surface area contributed by atoms with Crippen LogP contribution < -0.4 is 15.0 Å². The first-order valence-corrected chi connectivity index (χ1v) is 13.1. The van der Waals surface area contributed by atoms with Crippen molar-refractivity contribution in [3.63, 3.8) is 0 Å². The van der Waals surface area contributed by atoms with Gasteiger partial charge in [-0.25, -0.2) is 4.98 Å². The fourth-order valence-electron chi connectivity index (χ4n) is 4.37. The molecule has 1 aliphatic rings. The molecule has 1 N–H and O–H groups in total. The number of carbonyl (C=O) groups is 2. The minimum atomic E-state index is -0.450. The van der Waals surface area contributed by atoms with Gasteiger partial charge in [-0.2, -0.15) is 9.78 Å². The van der Waals surface area contributed by atoms with Crippen LogP contribution in [0.15, 0.2) is 53.9 Å². The second kappa shape index (κ2) is 10.2. The van der Waals surface area contributed by atoms with Crippen molar-refractivity contribution in [3.8, 4) is 22.1 Å². The van der Waals surface area contributed by atoms with Crippen molar-refractivity contribution in [1.82, 2.24) is 14.8 Å². The van der Waals surface area contributed by atoms with Gasteiger partial charge in [0, 0.05) is 35.7 Å². The average molecular weight is 516 g/mol. The number of amides is 2. The van der Waals surface area contributed by atoms with E-state index in [1.807, 2.05) is 81.6 Å². The molecule has 2 aromatic carbocycles.